The number of hydrogen-bond acceptors (Lipinski definition) is 4. The van der Waals surface area contributed by atoms with E-state index < -0.39 is 0 Å². The molecule has 0 bridgehead atoms. The summed E-state index contributed by atoms with van der Waals surface area (Å²) in [6, 6.07) is 16.5. The molecule has 2 aromatic carbocycles. The lowest BCUT2D eigenvalue weighted by Crippen LogP contribution is -2.38. The lowest BCUT2D eigenvalue weighted by Gasteiger charge is -2.29. The summed E-state index contributed by atoms with van der Waals surface area (Å²) in [5, 5.41) is 7.27. The summed E-state index contributed by atoms with van der Waals surface area (Å²) in [5.41, 5.74) is 2.22. The van der Waals surface area contributed by atoms with Gasteiger partial charge in [-0.2, -0.15) is 0 Å². The maximum atomic E-state index is 5.51. The first kappa shape index (κ1) is 20.4. The predicted octanol–water partition coefficient (Wildman–Crippen LogP) is 4.22. The van der Waals surface area contributed by atoms with Crippen LogP contribution in [0.25, 0.3) is 0 Å². The molecule has 0 radical (unpaired) electrons. The highest BCUT2D eigenvalue weighted by atomic mass is 32.1. The number of anilines is 1. The van der Waals surface area contributed by atoms with E-state index in [2.05, 4.69) is 27.7 Å². The van der Waals surface area contributed by atoms with Crippen molar-refractivity contribution in [3.8, 4) is 11.5 Å². The Labute approximate surface area is 173 Å². The number of thiocarbonyl (C=S) groups is 1. The van der Waals surface area contributed by atoms with Crippen LogP contribution in [0.4, 0.5) is 5.69 Å². The lowest BCUT2D eigenvalue weighted by atomic mass is 10.1. The second-order valence-corrected chi connectivity index (χ2v) is 7.23. The number of benzene rings is 2. The van der Waals surface area contributed by atoms with Crippen LogP contribution in [0.2, 0.25) is 0 Å². The standard InChI is InChI=1S/C22H29N3O2S/c1-3-27-20-12-8-18(9-13-20)24-22(28)23-16-21(25-14-4-5-15-25)17-6-10-19(26-2)11-7-17/h6-13,21H,3-5,14-16H2,1-2H3,(H2,23,24,28)/t21-/m0/s1. The van der Waals surface area contributed by atoms with E-state index in [1.54, 1.807) is 7.11 Å². The Morgan fingerprint density at radius 3 is 2.29 bits per heavy atom. The lowest BCUT2D eigenvalue weighted by molar-refractivity contribution is 0.246. The summed E-state index contributed by atoms with van der Waals surface area (Å²) in [7, 11) is 1.69. The quantitative estimate of drug-likeness (QED) is 0.648. The van der Waals surface area contributed by atoms with Crippen molar-refractivity contribution in [1.29, 1.82) is 0 Å². The molecular formula is C22H29N3O2S. The maximum absolute atomic E-state index is 5.51. The minimum absolute atomic E-state index is 0.286. The van der Waals surface area contributed by atoms with Crippen LogP contribution in [0.3, 0.4) is 0 Å². The summed E-state index contributed by atoms with van der Waals surface area (Å²) in [6.07, 6.45) is 2.50. The molecule has 0 aliphatic carbocycles. The first-order valence-electron chi connectivity index (χ1n) is 9.85. The number of rotatable bonds is 8. The molecule has 6 heteroatoms. The highest BCUT2D eigenvalue weighted by molar-refractivity contribution is 7.80. The van der Waals surface area contributed by atoms with Gasteiger partial charge in [-0.05, 0) is 87.0 Å². The van der Waals surface area contributed by atoms with Gasteiger partial charge >= 0.3 is 0 Å². The van der Waals surface area contributed by atoms with E-state index in [9.17, 15) is 0 Å². The molecule has 1 heterocycles. The van der Waals surface area contributed by atoms with Crippen LogP contribution in [0.1, 0.15) is 31.4 Å². The second kappa shape index (κ2) is 10.3. The zero-order valence-corrected chi connectivity index (χ0v) is 17.4. The monoisotopic (exact) mass is 399 g/mol. The number of nitrogens with zero attached hydrogens (tertiary/aromatic N) is 1. The Morgan fingerprint density at radius 1 is 1.04 bits per heavy atom. The molecule has 1 aliphatic rings. The van der Waals surface area contributed by atoms with Gasteiger partial charge in [-0.3, -0.25) is 4.90 Å². The van der Waals surface area contributed by atoms with Crippen molar-refractivity contribution in [2.75, 3.05) is 38.7 Å². The average molecular weight is 400 g/mol. The van der Waals surface area contributed by atoms with Crippen molar-refractivity contribution in [1.82, 2.24) is 10.2 Å². The smallest absolute Gasteiger partial charge is 0.170 e. The molecule has 0 aromatic heterocycles. The fourth-order valence-corrected chi connectivity index (χ4v) is 3.70. The summed E-state index contributed by atoms with van der Waals surface area (Å²) >= 11 is 5.51. The minimum Gasteiger partial charge on any atom is -0.497 e. The molecule has 1 aliphatic heterocycles. The summed E-state index contributed by atoms with van der Waals surface area (Å²) < 4.78 is 10.8. The van der Waals surface area contributed by atoms with Crippen molar-refractivity contribution in [3.63, 3.8) is 0 Å². The van der Waals surface area contributed by atoms with Gasteiger partial charge in [0, 0.05) is 12.2 Å². The Morgan fingerprint density at radius 2 is 1.68 bits per heavy atom. The number of hydrogen-bond donors (Lipinski definition) is 2. The molecule has 2 N–H and O–H groups in total. The molecule has 0 unspecified atom stereocenters. The van der Waals surface area contributed by atoms with Crippen LogP contribution >= 0.6 is 12.2 Å². The molecule has 3 rings (SSSR count). The van der Waals surface area contributed by atoms with Gasteiger partial charge in [0.25, 0.3) is 0 Å². The molecule has 1 saturated heterocycles. The maximum Gasteiger partial charge on any atom is 0.170 e. The van der Waals surface area contributed by atoms with Gasteiger partial charge in [-0.25, -0.2) is 0 Å². The molecule has 0 spiro atoms. The first-order chi connectivity index (χ1) is 13.7. The van der Waals surface area contributed by atoms with Crippen LogP contribution in [0.15, 0.2) is 48.5 Å². The van der Waals surface area contributed by atoms with Crippen LogP contribution in [0.5, 0.6) is 11.5 Å². The van der Waals surface area contributed by atoms with E-state index in [1.807, 2.05) is 43.3 Å². The Kier molecular flexibility index (Phi) is 7.51. The molecule has 28 heavy (non-hydrogen) atoms. The first-order valence-corrected chi connectivity index (χ1v) is 10.3. The molecular weight excluding hydrogens is 370 g/mol. The van der Waals surface area contributed by atoms with Crippen LogP contribution in [-0.4, -0.2) is 43.4 Å². The zero-order valence-electron chi connectivity index (χ0n) is 16.6. The number of methoxy groups -OCH3 is 1. The van der Waals surface area contributed by atoms with Gasteiger partial charge < -0.3 is 20.1 Å². The van der Waals surface area contributed by atoms with Gasteiger partial charge in [0.15, 0.2) is 5.11 Å². The Bertz CT molecular complexity index is 743. The van der Waals surface area contributed by atoms with Gasteiger partial charge in [0.2, 0.25) is 0 Å². The largest absolute Gasteiger partial charge is 0.497 e. The van der Waals surface area contributed by atoms with Crippen molar-refractivity contribution >= 4 is 23.0 Å². The third-order valence-corrected chi connectivity index (χ3v) is 5.21. The van der Waals surface area contributed by atoms with Crippen LogP contribution in [-0.2, 0) is 0 Å². The molecule has 1 fully saturated rings. The number of nitrogens with one attached hydrogen (secondary N) is 2. The van der Waals surface area contributed by atoms with Crippen molar-refractivity contribution in [2.24, 2.45) is 0 Å². The third kappa shape index (κ3) is 5.59. The van der Waals surface area contributed by atoms with Crippen LogP contribution in [0, 0.1) is 0 Å². The Hall–Kier alpha value is -2.31. The summed E-state index contributed by atoms with van der Waals surface area (Å²) in [6.45, 7) is 5.64. The fourth-order valence-electron chi connectivity index (χ4n) is 3.50. The van der Waals surface area contributed by atoms with E-state index in [0.717, 1.165) is 36.8 Å². The SMILES string of the molecule is CCOc1ccc(NC(=S)NC[C@@H](c2ccc(OC)cc2)N2CCCC2)cc1. The van der Waals surface area contributed by atoms with Gasteiger partial charge in [-0.1, -0.05) is 12.1 Å². The van der Waals surface area contributed by atoms with E-state index in [1.165, 1.54) is 18.4 Å². The molecule has 2 aromatic rings. The molecule has 0 saturated carbocycles. The molecule has 0 amide bonds. The average Bonchev–Trinajstić information content (AvgIpc) is 3.25. The predicted molar refractivity (Wildman–Crippen MR) is 118 cm³/mol. The fraction of sp³-hybridized carbons (Fsp3) is 0.409. The normalized spacial score (nSPS) is 15.1. The topological polar surface area (TPSA) is 45.8 Å². The minimum atomic E-state index is 0.286. The van der Waals surface area contributed by atoms with Gasteiger partial charge in [0.1, 0.15) is 11.5 Å². The van der Waals surface area contributed by atoms with E-state index in [0.29, 0.717) is 11.7 Å². The van der Waals surface area contributed by atoms with Crippen molar-refractivity contribution in [3.05, 3.63) is 54.1 Å². The number of likely N-dealkylation sites (tertiary alicyclic amines) is 1. The third-order valence-electron chi connectivity index (χ3n) is 4.96. The van der Waals surface area contributed by atoms with Crippen LogP contribution < -0.4 is 20.1 Å². The summed E-state index contributed by atoms with van der Waals surface area (Å²) in [5.74, 6) is 1.74. The summed E-state index contributed by atoms with van der Waals surface area (Å²) in [4.78, 5) is 2.52. The Balaban J connectivity index is 1.59. The van der Waals surface area contributed by atoms with Crippen molar-refractivity contribution in [2.45, 2.75) is 25.8 Å². The molecule has 1 atom stereocenters. The number of ether oxygens (including phenoxy) is 2. The van der Waals surface area contributed by atoms with E-state index in [-0.39, 0.29) is 6.04 Å². The van der Waals surface area contributed by atoms with Gasteiger partial charge in [-0.15, -0.1) is 0 Å². The second-order valence-electron chi connectivity index (χ2n) is 6.82. The van der Waals surface area contributed by atoms with Crippen molar-refractivity contribution < 1.29 is 9.47 Å². The zero-order chi connectivity index (χ0) is 19.8. The molecule has 5 nitrogen and oxygen atoms in total. The highest BCUT2D eigenvalue weighted by Crippen LogP contribution is 2.26. The highest BCUT2D eigenvalue weighted by Gasteiger charge is 2.23. The molecule has 150 valence electrons. The van der Waals surface area contributed by atoms with E-state index in [4.69, 9.17) is 21.7 Å². The van der Waals surface area contributed by atoms with Gasteiger partial charge in [0.05, 0.1) is 19.8 Å². The van der Waals surface area contributed by atoms with E-state index >= 15 is 0 Å².